The third-order valence-electron chi connectivity index (χ3n) is 5.00. The molecular weight excluding hydrogens is 463 g/mol. The number of aryl methyl sites for hydroxylation is 1. The van der Waals surface area contributed by atoms with Crippen LogP contribution in [0.25, 0.3) is 11.3 Å². The molecule has 0 atom stereocenters. The number of pyridine rings is 1. The Morgan fingerprint density at radius 3 is 2.48 bits per heavy atom. The highest BCUT2D eigenvalue weighted by atomic mass is 35.5. The largest absolute Gasteiger partial charge is 0.507 e. The summed E-state index contributed by atoms with van der Waals surface area (Å²) in [4.78, 5) is 27.3. The van der Waals surface area contributed by atoms with Crippen LogP contribution in [-0.2, 0) is 6.54 Å². The van der Waals surface area contributed by atoms with E-state index in [0.29, 0.717) is 11.4 Å². The van der Waals surface area contributed by atoms with Gasteiger partial charge in [-0.15, -0.1) is 0 Å². The van der Waals surface area contributed by atoms with E-state index in [4.69, 9.17) is 23.2 Å². The van der Waals surface area contributed by atoms with E-state index >= 15 is 0 Å². The number of rotatable bonds is 5. The number of halogens is 2. The Bertz CT molecular complexity index is 1320. The first-order valence-corrected chi connectivity index (χ1v) is 10.6. The summed E-state index contributed by atoms with van der Waals surface area (Å²) in [6.45, 7) is 2.08. The van der Waals surface area contributed by atoms with Gasteiger partial charge in [0.1, 0.15) is 11.5 Å². The molecule has 0 radical (unpaired) electrons. The molecule has 2 aromatic carbocycles. The zero-order valence-electron chi connectivity index (χ0n) is 17.4. The highest BCUT2D eigenvalue weighted by Gasteiger charge is 2.23. The number of carbonyl (C=O) groups is 1. The summed E-state index contributed by atoms with van der Waals surface area (Å²) in [5.74, 6) is -1.18. The number of amides is 1. The predicted octanol–water partition coefficient (Wildman–Crippen LogP) is 5.41. The zero-order chi connectivity index (χ0) is 23.5. The van der Waals surface area contributed by atoms with Crippen LogP contribution in [0.2, 0.25) is 10.3 Å². The maximum atomic E-state index is 13.5. The second-order valence-electron chi connectivity index (χ2n) is 7.29. The van der Waals surface area contributed by atoms with Crippen molar-refractivity contribution in [2.75, 3.05) is 4.90 Å². The first kappa shape index (κ1) is 22.5. The van der Waals surface area contributed by atoms with E-state index in [-0.39, 0.29) is 33.9 Å². The molecule has 1 amide bonds. The molecule has 0 aliphatic heterocycles. The Morgan fingerprint density at radius 1 is 1.03 bits per heavy atom. The average molecular weight is 481 g/mol. The number of benzene rings is 2. The van der Waals surface area contributed by atoms with Gasteiger partial charge in [0, 0.05) is 35.9 Å². The van der Waals surface area contributed by atoms with Crippen LogP contribution >= 0.6 is 23.2 Å². The fraction of sp³-hybridized carbons (Fsp3) is 0.0833. The van der Waals surface area contributed by atoms with Gasteiger partial charge in [0.15, 0.2) is 0 Å². The molecule has 0 bridgehead atoms. The second-order valence-corrected chi connectivity index (χ2v) is 8.04. The van der Waals surface area contributed by atoms with Crippen LogP contribution in [0.5, 0.6) is 11.5 Å². The van der Waals surface area contributed by atoms with E-state index in [2.05, 4.69) is 15.0 Å². The summed E-state index contributed by atoms with van der Waals surface area (Å²) in [6.07, 6.45) is 4.95. The third kappa shape index (κ3) is 4.89. The zero-order valence-corrected chi connectivity index (χ0v) is 18.9. The smallest absolute Gasteiger partial charge is 0.262 e. The van der Waals surface area contributed by atoms with Gasteiger partial charge >= 0.3 is 0 Å². The number of phenols is 2. The highest BCUT2D eigenvalue weighted by molar-refractivity contribution is 6.32. The third-order valence-corrected chi connectivity index (χ3v) is 5.48. The van der Waals surface area contributed by atoms with Gasteiger partial charge in [-0.05, 0) is 53.9 Å². The number of phenolic OH excluding ortho intramolecular Hbond substituents is 2. The van der Waals surface area contributed by atoms with Gasteiger partial charge in [-0.3, -0.25) is 9.78 Å². The van der Waals surface area contributed by atoms with Crippen molar-refractivity contribution >= 4 is 34.8 Å². The van der Waals surface area contributed by atoms with Gasteiger partial charge in [-0.2, -0.15) is 0 Å². The minimum Gasteiger partial charge on any atom is -0.507 e. The number of carbonyl (C=O) groups excluding carboxylic acids is 1. The molecule has 0 saturated carbocycles. The fourth-order valence-electron chi connectivity index (χ4n) is 3.33. The summed E-state index contributed by atoms with van der Waals surface area (Å²) in [5.41, 5.74) is 3.69. The van der Waals surface area contributed by atoms with E-state index in [1.807, 2.05) is 25.1 Å². The molecule has 166 valence electrons. The van der Waals surface area contributed by atoms with Gasteiger partial charge in [0.2, 0.25) is 5.28 Å². The van der Waals surface area contributed by atoms with E-state index < -0.39 is 5.91 Å². The molecule has 7 nitrogen and oxygen atoms in total. The Hall–Kier alpha value is -3.68. The van der Waals surface area contributed by atoms with Crippen molar-refractivity contribution in [3.8, 4) is 22.8 Å². The molecule has 2 heterocycles. The van der Waals surface area contributed by atoms with Crippen molar-refractivity contribution in [1.82, 2.24) is 15.0 Å². The average Bonchev–Trinajstić information content (AvgIpc) is 2.82. The van der Waals surface area contributed by atoms with Crippen molar-refractivity contribution < 1.29 is 15.0 Å². The van der Waals surface area contributed by atoms with Crippen LogP contribution in [0.15, 0.2) is 67.1 Å². The molecule has 0 saturated heterocycles. The Morgan fingerprint density at radius 2 is 1.79 bits per heavy atom. The second kappa shape index (κ2) is 9.44. The molecule has 0 aliphatic carbocycles. The van der Waals surface area contributed by atoms with Crippen LogP contribution in [0.3, 0.4) is 0 Å². The Balaban J connectivity index is 1.74. The van der Waals surface area contributed by atoms with Gasteiger partial charge in [0.25, 0.3) is 5.91 Å². The minimum atomic E-state index is -0.493. The minimum absolute atomic E-state index is 0.0378. The summed E-state index contributed by atoms with van der Waals surface area (Å²) in [7, 11) is 0. The van der Waals surface area contributed by atoms with E-state index in [9.17, 15) is 15.0 Å². The molecular formula is C24H18Cl2N4O3. The first-order valence-electron chi connectivity index (χ1n) is 9.85. The molecule has 2 aromatic heterocycles. The Labute approximate surface area is 199 Å². The van der Waals surface area contributed by atoms with Crippen LogP contribution < -0.4 is 4.90 Å². The van der Waals surface area contributed by atoms with Gasteiger partial charge in [-0.1, -0.05) is 29.8 Å². The number of hydrogen-bond donors (Lipinski definition) is 2. The highest BCUT2D eigenvalue weighted by Crippen LogP contribution is 2.33. The topological polar surface area (TPSA) is 99.4 Å². The lowest BCUT2D eigenvalue weighted by molar-refractivity contribution is 0.0982. The van der Waals surface area contributed by atoms with Gasteiger partial charge in [-0.25, -0.2) is 9.97 Å². The van der Waals surface area contributed by atoms with Crippen molar-refractivity contribution in [3.05, 3.63) is 94.1 Å². The van der Waals surface area contributed by atoms with Crippen LogP contribution in [0, 0.1) is 6.92 Å². The molecule has 0 unspecified atom stereocenters. The monoisotopic (exact) mass is 480 g/mol. The van der Waals surface area contributed by atoms with Crippen LogP contribution in [0.1, 0.15) is 21.5 Å². The molecule has 0 aliphatic rings. The quantitative estimate of drug-likeness (QED) is 0.370. The molecule has 4 rings (SSSR count). The summed E-state index contributed by atoms with van der Waals surface area (Å²) in [6, 6.07) is 13.1. The van der Waals surface area contributed by atoms with Crippen LogP contribution in [-0.4, -0.2) is 31.1 Å². The molecule has 0 spiro atoms. The molecule has 0 fully saturated rings. The summed E-state index contributed by atoms with van der Waals surface area (Å²) in [5, 5.41) is 20.1. The lowest BCUT2D eigenvalue weighted by Crippen LogP contribution is -2.30. The van der Waals surface area contributed by atoms with Crippen molar-refractivity contribution in [3.63, 3.8) is 0 Å². The molecule has 4 aromatic rings. The summed E-state index contributed by atoms with van der Waals surface area (Å²) >= 11 is 11.9. The van der Waals surface area contributed by atoms with Gasteiger partial charge in [0.05, 0.1) is 22.8 Å². The predicted molar refractivity (Wildman–Crippen MR) is 127 cm³/mol. The Kier molecular flexibility index (Phi) is 6.44. The normalized spacial score (nSPS) is 10.8. The standard InChI is InChI=1S/C24H18Cl2N4O3/c1-14-11-28-24(26)29-22(14)16-4-6-17(7-5-16)30(13-15-3-2-8-27-12-15)23(33)18-9-19(25)21(32)10-20(18)31/h2-12,31-32H,13H2,1H3. The number of nitrogens with zero attached hydrogens (tertiary/aromatic N) is 4. The van der Waals surface area contributed by atoms with Crippen LogP contribution in [0.4, 0.5) is 5.69 Å². The van der Waals surface area contributed by atoms with Crippen molar-refractivity contribution in [1.29, 1.82) is 0 Å². The van der Waals surface area contributed by atoms with E-state index in [0.717, 1.165) is 22.8 Å². The van der Waals surface area contributed by atoms with E-state index in [1.165, 1.54) is 11.0 Å². The maximum Gasteiger partial charge on any atom is 0.262 e. The number of aromatic hydroxyl groups is 2. The first-order chi connectivity index (χ1) is 15.8. The SMILES string of the molecule is Cc1cnc(Cl)nc1-c1ccc(N(Cc2cccnc2)C(=O)c2cc(Cl)c(O)cc2O)cc1. The maximum absolute atomic E-state index is 13.5. The van der Waals surface area contributed by atoms with Crippen molar-refractivity contribution in [2.24, 2.45) is 0 Å². The lowest BCUT2D eigenvalue weighted by Gasteiger charge is -2.24. The number of hydrogen-bond acceptors (Lipinski definition) is 6. The number of anilines is 1. The molecule has 33 heavy (non-hydrogen) atoms. The van der Waals surface area contributed by atoms with Gasteiger partial charge < -0.3 is 15.1 Å². The van der Waals surface area contributed by atoms with Crippen molar-refractivity contribution in [2.45, 2.75) is 13.5 Å². The molecule has 2 N–H and O–H groups in total. The molecule has 9 heteroatoms. The van der Waals surface area contributed by atoms with E-state index in [1.54, 1.807) is 36.8 Å². The summed E-state index contributed by atoms with van der Waals surface area (Å²) < 4.78 is 0. The number of aromatic nitrogens is 3. The fourth-order valence-corrected chi connectivity index (χ4v) is 3.63. The lowest BCUT2D eigenvalue weighted by atomic mass is 10.1.